The van der Waals surface area contributed by atoms with Gasteiger partial charge in [0.05, 0.1) is 4.90 Å². The van der Waals surface area contributed by atoms with Crippen LogP contribution in [-0.2, 0) is 9.84 Å². The first-order valence-corrected chi connectivity index (χ1v) is 11.5. The van der Waals surface area contributed by atoms with Crippen molar-refractivity contribution in [1.82, 2.24) is 0 Å². The van der Waals surface area contributed by atoms with Crippen molar-refractivity contribution in [3.05, 3.63) is 63.0 Å². The average molecular weight is 432 g/mol. The number of hydrogen-bond acceptors (Lipinski definition) is 4. The lowest BCUT2D eigenvalue weighted by Crippen LogP contribution is -2.04. The number of nitriles is 1. The summed E-state index contributed by atoms with van der Waals surface area (Å²) >= 11 is 5.84. The summed E-state index contributed by atoms with van der Waals surface area (Å²) in [6, 6.07) is 11.1. The third kappa shape index (κ3) is 5.01. The van der Waals surface area contributed by atoms with E-state index < -0.39 is 9.84 Å². The molecule has 2 atom stereocenters. The first-order chi connectivity index (χ1) is 13.6. The molecule has 0 bridgehead atoms. The Bertz CT molecular complexity index is 1020. The molecule has 0 heterocycles. The largest absolute Gasteiger partial charge is 0.507 e. The molecule has 2 rings (SSSR count). The van der Waals surface area contributed by atoms with Gasteiger partial charge in [-0.25, -0.2) is 8.42 Å². The van der Waals surface area contributed by atoms with E-state index in [9.17, 15) is 18.8 Å². The van der Waals surface area contributed by atoms with Crippen LogP contribution in [-0.4, -0.2) is 13.5 Å². The van der Waals surface area contributed by atoms with E-state index in [1.165, 1.54) is 30.3 Å². The second-order valence-electron chi connectivity index (χ2n) is 7.24. The third-order valence-electron chi connectivity index (χ3n) is 5.30. The lowest BCUT2D eigenvalue weighted by atomic mass is 9.88. The van der Waals surface area contributed by atoms with Gasteiger partial charge in [-0.15, -0.1) is 0 Å². The first-order valence-electron chi connectivity index (χ1n) is 9.64. The molecular formula is C23H26ClNO3S. The smallest absolute Gasteiger partial charge is 0.216 e. The van der Waals surface area contributed by atoms with Crippen molar-refractivity contribution < 1.29 is 13.5 Å². The Morgan fingerprint density at radius 1 is 1.10 bits per heavy atom. The van der Waals surface area contributed by atoms with Crippen LogP contribution >= 0.6 is 11.6 Å². The van der Waals surface area contributed by atoms with Crippen molar-refractivity contribution in [2.75, 3.05) is 0 Å². The Hall–Kier alpha value is -2.29. The third-order valence-corrected chi connectivity index (χ3v) is 7.23. The minimum Gasteiger partial charge on any atom is -0.507 e. The molecule has 2 aromatic carbocycles. The van der Waals surface area contributed by atoms with E-state index >= 15 is 0 Å². The molecule has 0 aliphatic carbocycles. The number of allylic oxidation sites excluding steroid dienone is 1. The molecule has 6 heteroatoms. The van der Waals surface area contributed by atoms with Crippen molar-refractivity contribution in [2.45, 2.75) is 57.3 Å². The number of rotatable bonds is 7. The van der Waals surface area contributed by atoms with Gasteiger partial charge in [0.1, 0.15) is 16.7 Å². The molecular weight excluding hydrogens is 406 g/mol. The minimum atomic E-state index is -3.97. The fourth-order valence-electron chi connectivity index (χ4n) is 3.04. The number of sulfone groups is 1. The van der Waals surface area contributed by atoms with Crippen molar-refractivity contribution >= 4 is 27.5 Å². The van der Waals surface area contributed by atoms with E-state index in [1.807, 2.05) is 33.8 Å². The SMILES string of the molecule is CCC(C)c1cc(/C=C(\C#N)S(=O)(=O)c2ccc(Cl)cc2)cc(C(C)CC)c1O. The number of halogens is 1. The average Bonchev–Trinajstić information content (AvgIpc) is 2.71. The van der Waals surface area contributed by atoms with Crippen molar-refractivity contribution in [3.8, 4) is 11.8 Å². The molecule has 0 fully saturated rings. The van der Waals surface area contributed by atoms with E-state index in [1.54, 1.807) is 12.1 Å². The van der Waals surface area contributed by atoms with Crippen molar-refractivity contribution in [1.29, 1.82) is 5.26 Å². The normalized spacial score (nSPS) is 14.3. The van der Waals surface area contributed by atoms with Crippen molar-refractivity contribution in [2.24, 2.45) is 0 Å². The topological polar surface area (TPSA) is 78.2 Å². The molecule has 1 N–H and O–H groups in total. The van der Waals surface area contributed by atoms with Crippen LogP contribution in [0.5, 0.6) is 5.75 Å². The number of benzene rings is 2. The highest BCUT2D eigenvalue weighted by Gasteiger charge is 2.22. The first kappa shape index (κ1) is 23.0. The van der Waals surface area contributed by atoms with E-state index in [4.69, 9.17) is 11.6 Å². The fraction of sp³-hybridized carbons (Fsp3) is 0.348. The van der Waals surface area contributed by atoms with Crippen LogP contribution < -0.4 is 0 Å². The molecule has 4 nitrogen and oxygen atoms in total. The highest BCUT2D eigenvalue weighted by atomic mass is 35.5. The minimum absolute atomic E-state index is 0.0118. The van der Waals surface area contributed by atoms with E-state index in [2.05, 4.69) is 0 Å². The van der Waals surface area contributed by atoms with Crippen molar-refractivity contribution in [3.63, 3.8) is 0 Å². The maximum atomic E-state index is 12.9. The van der Waals surface area contributed by atoms with Gasteiger partial charge < -0.3 is 5.11 Å². The molecule has 154 valence electrons. The Balaban J connectivity index is 2.66. The highest BCUT2D eigenvalue weighted by molar-refractivity contribution is 7.95. The van der Waals surface area contributed by atoms with Crippen LogP contribution in [0.2, 0.25) is 5.02 Å². The van der Waals surface area contributed by atoms with E-state index in [0.717, 1.165) is 24.0 Å². The molecule has 0 spiro atoms. The van der Waals surface area contributed by atoms with Gasteiger partial charge in [0.2, 0.25) is 9.84 Å². The van der Waals surface area contributed by atoms with E-state index in [-0.39, 0.29) is 27.4 Å². The summed E-state index contributed by atoms with van der Waals surface area (Å²) in [6.07, 6.45) is 3.03. The Labute approximate surface area is 178 Å². The maximum absolute atomic E-state index is 12.9. The van der Waals surface area contributed by atoms with Gasteiger partial charge in [-0.1, -0.05) is 39.3 Å². The number of phenolic OH excluding ortho intramolecular Hbond substituents is 1. The molecule has 29 heavy (non-hydrogen) atoms. The summed E-state index contributed by atoms with van der Waals surface area (Å²) in [5, 5.41) is 20.7. The summed E-state index contributed by atoms with van der Waals surface area (Å²) in [5.41, 5.74) is 2.11. The van der Waals surface area contributed by atoms with Gasteiger partial charge in [0.15, 0.2) is 0 Å². The van der Waals surface area contributed by atoms with Crippen LogP contribution in [0.25, 0.3) is 6.08 Å². The number of hydrogen-bond donors (Lipinski definition) is 1. The standard InChI is InChI=1S/C23H26ClNO3S/c1-5-15(3)21-12-17(13-22(23(21)26)16(4)6-2)11-20(14-25)29(27,28)19-9-7-18(24)8-10-19/h7-13,15-16,26H,5-6H2,1-4H3/b20-11+. The Kier molecular flexibility index (Phi) is 7.51. The molecule has 0 amide bonds. The van der Waals surface area contributed by atoms with Crippen LogP contribution in [0.15, 0.2) is 46.2 Å². The van der Waals surface area contributed by atoms with Gasteiger partial charge in [0.25, 0.3) is 0 Å². The summed E-state index contributed by atoms with van der Waals surface area (Å²) < 4.78 is 25.8. The molecule has 0 saturated carbocycles. The predicted octanol–water partition coefficient (Wildman–Crippen LogP) is 6.41. The molecule has 0 radical (unpaired) electrons. The molecule has 0 saturated heterocycles. The number of phenols is 1. The van der Waals surface area contributed by atoms with E-state index in [0.29, 0.717) is 10.6 Å². The quantitative estimate of drug-likeness (QED) is 0.513. The molecule has 0 aromatic heterocycles. The summed E-state index contributed by atoms with van der Waals surface area (Å²) in [6.45, 7) is 8.08. The fourth-order valence-corrected chi connectivity index (χ4v) is 4.33. The summed E-state index contributed by atoms with van der Waals surface area (Å²) in [4.78, 5) is -0.339. The second-order valence-corrected chi connectivity index (χ2v) is 9.60. The monoisotopic (exact) mass is 431 g/mol. The van der Waals surface area contributed by atoms with Gasteiger partial charge >= 0.3 is 0 Å². The van der Waals surface area contributed by atoms with Crippen LogP contribution in [0.4, 0.5) is 0 Å². The van der Waals surface area contributed by atoms with Gasteiger partial charge in [-0.2, -0.15) is 5.26 Å². The highest BCUT2D eigenvalue weighted by Crippen LogP contribution is 2.38. The summed E-state index contributed by atoms with van der Waals surface area (Å²) in [7, 11) is -3.97. The molecule has 0 aliphatic heterocycles. The van der Waals surface area contributed by atoms with Gasteiger partial charge in [-0.05, 0) is 83.8 Å². The zero-order chi connectivity index (χ0) is 21.8. The number of aromatic hydroxyl groups is 1. The Morgan fingerprint density at radius 2 is 1.59 bits per heavy atom. The second kappa shape index (κ2) is 9.47. The van der Waals surface area contributed by atoms with Crippen LogP contribution in [0, 0.1) is 11.3 Å². The van der Waals surface area contributed by atoms with Gasteiger partial charge in [0, 0.05) is 5.02 Å². The zero-order valence-electron chi connectivity index (χ0n) is 17.1. The predicted molar refractivity (Wildman–Crippen MR) is 118 cm³/mol. The lowest BCUT2D eigenvalue weighted by molar-refractivity contribution is 0.449. The maximum Gasteiger partial charge on any atom is 0.216 e. The summed E-state index contributed by atoms with van der Waals surface area (Å²) in [5.74, 6) is 0.457. The molecule has 0 aliphatic rings. The van der Waals surface area contributed by atoms with Crippen LogP contribution in [0.3, 0.4) is 0 Å². The number of nitrogens with zero attached hydrogens (tertiary/aromatic N) is 1. The molecule has 2 aromatic rings. The Morgan fingerprint density at radius 3 is 2.00 bits per heavy atom. The molecule has 2 unspecified atom stereocenters. The lowest BCUT2D eigenvalue weighted by Gasteiger charge is -2.19. The zero-order valence-corrected chi connectivity index (χ0v) is 18.7. The van der Waals surface area contributed by atoms with Gasteiger partial charge in [-0.3, -0.25) is 0 Å². The van der Waals surface area contributed by atoms with Crippen LogP contribution in [0.1, 0.15) is 69.1 Å².